The summed E-state index contributed by atoms with van der Waals surface area (Å²) in [7, 11) is 1.77. The molecule has 1 aliphatic rings. The Balaban J connectivity index is 1.71. The first-order valence-corrected chi connectivity index (χ1v) is 8.75. The summed E-state index contributed by atoms with van der Waals surface area (Å²) in [5.74, 6) is -0.0524. The number of benzene rings is 2. The summed E-state index contributed by atoms with van der Waals surface area (Å²) in [6.07, 6.45) is 1.37. The molecule has 1 amide bonds. The Morgan fingerprint density at radius 3 is 2.32 bits per heavy atom. The van der Waals surface area contributed by atoms with Gasteiger partial charge < -0.3 is 15.0 Å². The summed E-state index contributed by atoms with van der Waals surface area (Å²) < 4.78 is 5.42. The SMILES string of the molecule is CO[C@H]1CCN(c2ccc(NC(=O)c3c(C)cc(C)cc3C)cc2)C1. The molecule has 4 heteroatoms. The van der Waals surface area contributed by atoms with E-state index in [2.05, 4.69) is 22.3 Å². The number of carbonyl (C=O) groups is 1. The Bertz CT molecular complexity index is 745. The van der Waals surface area contributed by atoms with Crippen molar-refractivity contribution in [2.45, 2.75) is 33.3 Å². The van der Waals surface area contributed by atoms with Gasteiger partial charge >= 0.3 is 0 Å². The molecule has 0 radical (unpaired) electrons. The van der Waals surface area contributed by atoms with E-state index in [0.29, 0.717) is 6.10 Å². The molecule has 4 nitrogen and oxygen atoms in total. The summed E-state index contributed by atoms with van der Waals surface area (Å²) in [6.45, 7) is 7.94. The third-order valence-electron chi connectivity index (χ3n) is 4.87. The third-order valence-corrected chi connectivity index (χ3v) is 4.87. The van der Waals surface area contributed by atoms with E-state index in [1.54, 1.807) is 7.11 Å². The van der Waals surface area contributed by atoms with Gasteiger partial charge in [0.2, 0.25) is 0 Å². The molecule has 1 heterocycles. The molecular weight excluding hydrogens is 312 g/mol. The number of ether oxygens (including phenoxy) is 1. The molecule has 2 aromatic rings. The summed E-state index contributed by atoms with van der Waals surface area (Å²) in [5.41, 5.74) is 5.94. The molecule has 1 aliphatic heterocycles. The van der Waals surface area contributed by atoms with Gasteiger partial charge in [-0.1, -0.05) is 17.7 Å². The van der Waals surface area contributed by atoms with Crippen LogP contribution in [-0.4, -0.2) is 32.2 Å². The van der Waals surface area contributed by atoms with Gasteiger partial charge in [-0.25, -0.2) is 0 Å². The standard InChI is InChI=1S/C21H26N2O2/c1-14-11-15(2)20(16(3)12-14)21(24)22-17-5-7-18(8-6-17)23-10-9-19(13-23)25-4/h5-8,11-12,19H,9-10,13H2,1-4H3,(H,22,24)/t19-/m0/s1. The zero-order valence-electron chi connectivity index (χ0n) is 15.4. The number of aryl methyl sites for hydroxylation is 3. The minimum absolute atomic E-state index is 0.0524. The van der Waals surface area contributed by atoms with Crippen molar-refractivity contribution < 1.29 is 9.53 Å². The second kappa shape index (κ2) is 7.28. The van der Waals surface area contributed by atoms with Crippen LogP contribution in [0.2, 0.25) is 0 Å². The van der Waals surface area contributed by atoms with Crippen LogP contribution in [0.5, 0.6) is 0 Å². The average molecular weight is 338 g/mol. The molecule has 0 unspecified atom stereocenters. The highest BCUT2D eigenvalue weighted by Gasteiger charge is 2.22. The van der Waals surface area contributed by atoms with Crippen LogP contribution >= 0.6 is 0 Å². The zero-order valence-corrected chi connectivity index (χ0v) is 15.4. The average Bonchev–Trinajstić information content (AvgIpc) is 3.03. The summed E-state index contributed by atoms with van der Waals surface area (Å²) in [4.78, 5) is 15.0. The summed E-state index contributed by atoms with van der Waals surface area (Å²) in [6, 6.07) is 12.1. The van der Waals surface area contributed by atoms with E-state index in [4.69, 9.17) is 4.74 Å². The van der Waals surface area contributed by atoms with Gasteiger partial charge in [-0.2, -0.15) is 0 Å². The molecule has 0 spiro atoms. The Morgan fingerprint density at radius 1 is 1.12 bits per heavy atom. The first kappa shape index (κ1) is 17.5. The third kappa shape index (κ3) is 3.85. The number of hydrogen-bond acceptors (Lipinski definition) is 3. The van der Waals surface area contributed by atoms with Crippen LogP contribution in [0.3, 0.4) is 0 Å². The maximum atomic E-state index is 12.7. The Hall–Kier alpha value is -2.33. The van der Waals surface area contributed by atoms with Crippen LogP contribution in [0.4, 0.5) is 11.4 Å². The van der Waals surface area contributed by atoms with Crippen LogP contribution < -0.4 is 10.2 Å². The molecule has 0 aromatic heterocycles. The van der Waals surface area contributed by atoms with Crippen LogP contribution in [0.1, 0.15) is 33.5 Å². The topological polar surface area (TPSA) is 41.6 Å². The van der Waals surface area contributed by atoms with E-state index in [0.717, 1.165) is 41.9 Å². The maximum absolute atomic E-state index is 12.7. The van der Waals surface area contributed by atoms with E-state index in [9.17, 15) is 4.79 Å². The molecule has 1 N–H and O–H groups in total. The van der Waals surface area contributed by atoms with Crippen molar-refractivity contribution in [3.8, 4) is 0 Å². The van der Waals surface area contributed by atoms with Gasteiger partial charge in [-0.15, -0.1) is 0 Å². The highest BCUT2D eigenvalue weighted by Crippen LogP contribution is 2.24. The molecule has 0 bridgehead atoms. The van der Waals surface area contributed by atoms with E-state index in [1.165, 1.54) is 11.3 Å². The Kier molecular flexibility index (Phi) is 5.09. The lowest BCUT2D eigenvalue weighted by Crippen LogP contribution is -2.22. The maximum Gasteiger partial charge on any atom is 0.256 e. The van der Waals surface area contributed by atoms with Gasteiger partial charge in [0.1, 0.15) is 0 Å². The van der Waals surface area contributed by atoms with Gasteiger partial charge in [0.05, 0.1) is 6.10 Å². The first-order chi connectivity index (χ1) is 12.0. The monoisotopic (exact) mass is 338 g/mol. The van der Waals surface area contributed by atoms with Crippen molar-refractivity contribution in [2.24, 2.45) is 0 Å². The van der Waals surface area contributed by atoms with Crippen molar-refractivity contribution in [1.29, 1.82) is 0 Å². The lowest BCUT2D eigenvalue weighted by atomic mass is 9.99. The fourth-order valence-corrected chi connectivity index (χ4v) is 3.64. The van der Waals surface area contributed by atoms with Crippen molar-refractivity contribution in [3.63, 3.8) is 0 Å². The van der Waals surface area contributed by atoms with Crippen LogP contribution in [0.25, 0.3) is 0 Å². The molecule has 0 aliphatic carbocycles. The van der Waals surface area contributed by atoms with E-state index in [1.807, 2.05) is 45.0 Å². The predicted molar refractivity (Wildman–Crippen MR) is 103 cm³/mol. The zero-order chi connectivity index (χ0) is 18.0. The Labute approximate surface area is 149 Å². The minimum Gasteiger partial charge on any atom is -0.380 e. The van der Waals surface area contributed by atoms with Crippen molar-refractivity contribution in [2.75, 3.05) is 30.4 Å². The quantitative estimate of drug-likeness (QED) is 0.913. The van der Waals surface area contributed by atoms with Gasteiger partial charge in [-0.05, 0) is 62.6 Å². The highest BCUT2D eigenvalue weighted by molar-refractivity contribution is 6.06. The molecule has 3 rings (SSSR count). The van der Waals surface area contributed by atoms with Crippen LogP contribution in [0, 0.1) is 20.8 Å². The summed E-state index contributed by atoms with van der Waals surface area (Å²) >= 11 is 0. The molecule has 1 fully saturated rings. The second-order valence-corrected chi connectivity index (χ2v) is 6.87. The van der Waals surface area contributed by atoms with Gasteiger partial charge in [0.15, 0.2) is 0 Å². The fraction of sp³-hybridized carbons (Fsp3) is 0.381. The van der Waals surface area contributed by atoms with E-state index in [-0.39, 0.29) is 5.91 Å². The van der Waals surface area contributed by atoms with Gasteiger partial charge in [0.25, 0.3) is 5.91 Å². The number of rotatable bonds is 4. The fourth-order valence-electron chi connectivity index (χ4n) is 3.64. The second-order valence-electron chi connectivity index (χ2n) is 6.87. The smallest absolute Gasteiger partial charge is 0.256 e. The van der Waals surface area contributed by atoms with Crippen molar-refractivity contribution >= 4 is 17.3 Å². The largest absolute Gasteiger partial charge is 0.380 e. The Morgan fingerprint density at radius 2 is 1.76 bits per heavy atom. The molecule has 1 saturated heterocycles. The summed E-state index contributed by atoms with van der Waals surface area (Å²) in [5, 5.41) is 3.01. The number of hydrogen-bond donors (Lipinski definition) is 1. The number of methoxy groups -OCH3 is 1. The molecule has 132 valence electrons. The molecule has 0 saturated carbocycles. The minimum atomic E-state index is -0.0524. The molecular formula is C21H26N2O2. The van der Waals surface area contributed by atoms with E-state index < -0.39 is 0 Å². The van der Waals surface area contributed by atoms with Gasteiger partial charge in [0, 0.05) is 37.1 Å². The number of amides is 1. The molecule has 1 atom stereocenters. The lowest BCUT2D eigenvalue weighted by molar-refractivity contribution is 0.102. The van der Waals surface area contributed by atoms with Crippen molar-refractivity contribution in [3.05, 3.63) is 58.7 Å². The van der Waals surface area contributed by atoms with Gasteiger partial charge in [-0.3, -0.25) is 4.79 Å². The van der Waals surface area contributed by atoms with Crippen LogP contribution in [0.15, 0.2) is 36.4 Å². The normalized spacial score (nSPS) is 17.0. The number of nitrogens with zero attached hydrogens (tertiary/aromatic N) is 1. The first-order valence-electron chi connectivity index (χ1n) is 8.75. The molecule has 2 aromatic carbocycles. The van der Waals surface area contributed by atoms with Crippen molar-refractivity contribution in [1.82, 2.24) is 0 Å². The van der Waals surface area contributed by atoms with E-state index >= 15 is 0 Å². The number of anilines is 2. The predicted octanol–water partition coefficient (Wildman–Crippen LogP) is 4.09. The highest BCUT2D eigenvalue weighted by atomic mass is 16.5. The number of nitrogens with one attached hydrogen (secondary N) is 1. The lowest BCUT2D eigenvalue weighted by Gasteiger charge is -2.19. The van der Waals surface area contributed by atoms with Crippen LogP contribution in [-0.2, 0) is 4.74 Å². The number of carbonyl (C=O) groups excluding carboxylic acids is 1. The molecule has 25 heavy (non-hydrogen) atoms.